The third-order valence-corrected chi connectivity index (χ3v) is 8.05. The van der Waals surface area contributed by atoms with Crippen molar-refractivity contribution in [2.45, 2.75) is 50.9 Å². The third kappa shape index (κ3) is 5.84. The molecule has 0 radical (unpaired) electrons. The Morgan fingerprint density at radius 2 is 2.12 bits per heavy atom. The highest BCUT2D eigenvalue weighted by Gasteiger charge is 2.45. The van der Waals surface area contributed by atoms with E-state index in [2.05, 4.69) is 15.1 Å². The van der Waals surface area contributed by atoms with Crippen LogP contribution < -0.4 is 10.5 Å². The Hall–Kier alpha value is -3.48. The van der Waals surface area contributed by atoms with Crippen molar-refractivity contribution in [2.24, 2.45) is 11.7 Å². The van der Waals surface area contributed by atoms with Gasteiger partial charge in [0.05, 0.1) is 16.9 Å². The summed E-state index contributed by atoms with van der Waals surface area (Å²) in [6.45, 7) is 1.73. The number of aromatic nitrogens is 4. The minimum Gasteiger partial charge on any atom is -0.480 e. The lowest BCUT2D eigenvalue weighted by Crippen LogP contribution is -2.32. The van der Waals surface area contributed by atoms with E-state index in [1.807, 2.05) is 11.5 Å². The molecule has 3 aromatic heterocycles. The molecule has 8 nitrogen and oxygen atoms in total. The van der Waals surface area contributed by atoms with Gasteiger partial charge < -0.3 is 15.6 Å². The second-order valence-electron chi connectivity index (χ2n) is 9.70. The zero-order valence-electron chi connectivity index (χ0n) is 21.2. The van der Waals surface area contributed by atoms with Crippen LogP contribution in [0.15, 0.2) is 48.2 Å². The van der Waals surface area contributed by atoms with Gasteiger partial charge in [-0.05, 0) is 62.3 Å². The van der Waals surface area contributed by atoms with Crippen molar-refractivity contribution in [2.75, 3.05) is 0 Å². The quantitative estimate of drug-likeness (QED) is 0.240. The van der Waals surface area contributed by atoms with Gasteiger partial charge in [0, 0.05) is 27.7 Å². The molecule has 0 saturated carbocycles. The van der Waals surface area contributed by atoms with E-state index in [0.717, 1.165) is 17.6 Å². The largest absolute Gasteiger partial charge is 0.480 e. The van der Waals surface area contributed by atoms with Crippen LogP contribution in [-0.2, 0) is 4.79 Å². The van der Waals surface area contributed by atoms with Crippen molar-refractivity contribution >= 4 is 44.7 Å². The molecule has 40 heavy (non-hydrogen) atoms. The highest BCUT2D eigenvalue weighted by molar-refractivity contribution is 7.17. The average molecular weight is 592 g/mol. The van der Waals surface area contributed by atoms with Crippen molar-refractivity contribution in [3.8, 4) is 11.6 Å². The summed E-state index contributed by atoms with van der Waals surface area (Å²) >= 11 is 7.34. The summed E-state index contributed by atoms with van der Waals surface area (Å²) in [4.78, 5) is 19.5. The Bertz CT molecular complexity index is 1590. The molecule has 3 heterocycles. The van der Waals surface area contributed by atoms with E-state index < -0.39 is 24.3 Å². The first-order valence-electron chi connectivity index (χ1n) is 12.5. The van der Waals surface area contributed by atoms with Gasteiger partial charge in [-0.2, -0.15) is 18.3 Å². The topological polar surface area (TPSA) is 116 Å². The first-order valence-corrected chi connectivity index (χ1v) is 13.7. The van der Waals surface area contributed by atoms with Gasteiger partial charge in [-0.3, -0.25) is 4.79 Å². The molecule has 0 aliphatic heterocycles. The summed E-state index contributed by atoms with van der Waals surface area (Å²) < 4.78 is 50.8. The van der Waals surface area contributed by atoms with E-state index in [-0.39, 0.29) is 28.1 Å². The smallest absolute Gasteiger partial charge is 0.429 e. The van der Waals surface area contributed by atoms with Crippen LogP contribution in [0.2, 0.25) is 5.02 Å². The molecule has 1 unspecified atom stereocenters. The Morgan fingerprint density at radius 3 is 2.77 bits per heavy atom. The van der Waals surface area contributed by atoms with Gasteiger partial charge >= 0.3 is 12.1 Å². The molecule has 1 aliphatic rings. The minimum atomic E-state index is -4.78. The first kappa shape index (κ1) is 28.1. The van der Waals surface area contributed by atoms with E-state index in [9.17, 15) is 18.0 Å². The number of carbonyl (C=O) groups is 1. The van der Waals surface area contributed by atoms with E-state index in [0.29, 0.717) is 35.2 Å². The van der Waals surface area contributed by atoms with Crippen molar-refractivity contribution < 1.29 is 27.8 Å². The van der Waals surface area contributed by atoms with Crippen LogP contribution in [-0.4, -0.2) is 43.0 Å². The number of fused-ring (bicyclic) bond motifs is 1. The number of hydrogen-bond acceptors (Lipinski definition) is 7. The summed E-state index contributed by atoms with van der Waals surface area (Å²) in [6, 6.07) is 4.84. The van der Waals surface area contributed by atoms with Crippen LogP contribution in [0.25, 0.3) is 21.5 Å². The Labute approximate surface area is 236 Å². The fourth-order valence-corrected chi connectivity index (χ4v) is 5.99. The van der Waals surface area contributed by atoms with E-state index >= 15 is 0 Å². The lowest BCUT2D eigenvalue weighted by Gasteiger charge is -2.24. The molecular weight excluding hydrogens is 567 g/mol. The number of allylic oxidation sites excluding steroid dienone is 2. The number of nitrogens with zero attached hydrogens (tertiary/aromatic N) is 4. The molecule has 3 atom stereocenters. The van der Waals surface area contributed by atoms with Crippen LogP contribution in [0.1, 0.15) is 48.6 Å². The minimum absolute atomic E-state index is 0.143. The number of benzene rings is 1. The maximum atomic E-state index is 14.5. The molecule has 4 aromatic rings. The molecule has 210 valence electrons. The summed E-state index contributed by atoms with van der Waals surface area (Å²) in [5.41, 5.74) is 8.60. The standard InChI is InChI=1S/C27H25ClF3N5O3S/c1-14-8-9-36(35-14)21-11-17(28)6-7-18(21)24(27(29,30)31)39-25-23-22(33-13-34-25)19(12-40-23)16-4-2-15(3-5-16)10-20(32)26(37)38/h4,6-9,11-13,15,20,24H,2-3,5,10,32H2,1H3,(H,37,38)/t15?,20-,24+/m0/s1. The number of hydrogen-bond donors (Lipinski definition) is 2. The summed E-state index contributed by atoms with van der Waals surface area (Å²) in [5, 5.41) is 15.4. The predicted molar refractivity (Wildman–Crippen MR) is 146 cm³/mol. The third-order valence-electron chi connectivity index (χ3n) is 6.86. The fraction of sp³-hybridized carbons (Fsp3) is 0.333. The second kappa shape index (κ2) is 11.2. The summed E-state index contributed by atoms with van der Waals surface area (Å²) in [5.74, 6) is -1.05. The normalized spacial score (nSPS) is 17.4. The number of ether oxygens (including phenoxy) is 1. The molecule has 0 fully saturated rings. The maximum absolute atomic E-state index is 14.5. The number of nitrogens with two attached hydrogens (primary N) is 1. The van der Waals surface area contributed by atoms with Gasteiger partial charge in [-0.1, -0.05) is 23.7 Å². The van der Waals surface area contributed by atoms with Gasteiger partial charge in [0.1, 0.15) is 17.1 Å². The second-order valence-corrected chi connectivity index (χ2v) is 11.0. The lowest BCUT2D eigenvalue weighted by atomic mass is 9.83. The fourth-order valence-electron chi connectivity index (χ4n) is 4.85. The van der Waals surface area contributed by atoms with E-state index in [1.165, 1.54) is 40.5 Å². The highest BCUT2D eigenvalue weighted by atomic mass is 35.5. The Morgan fingerprint density at radius 1 is 1.32 bits per heavy atom. The SMILES string of the molecule is Cc1ccn(-c2cc(Cl)ccc2[C@@H](Oc2ncnc3c(C4=CCC(C[C@H](N)C(=O)O)CC4)csc23)C(F)(F)F)n1. The average Bonchev–Trinajstić information content (AvgIpc) is 3.54. The van der Waals surface area contributed by atoms with Crippen LogP contribution in [0, 0.1) is 12.8 Å². The predicted octanol–water partition coefficient (Wildman–Crippen LogP) is 6.51. The van der Waals surface area contributed by atoms with Gasteiger partial charge in [-0.15, -0.1) is 11.3 Å². The monoisotopic (exact) mass is 591 g/mol. The van der Waals surface area contributed by atoms with Crippen molar-refractivity contribution in [1.82, 2.24) is 19.7 Å². The zero-order valence-corrected chi connectivity index (χ0v) is 22.8. The Kier molecular flexibility index (Phi) is 7.85. The van der Waals surface area contributed by atoms with Crippen LogP contribution >= 0.6 is 22.9 Å². The molecule has 5 rings (SSSR count). The highest BCUT2D eigenvalue weighted by Crippen LogP contribution is 2.44. The number of rotatable bonds is 8. The first-order chi connectivity index (χ1) is 19.0. The van der Waals surface area contributed by atoms with E-state index in [1.54, 1.807) is 19.2 Å². The van der Waals surface area contributed by atoms with Crippen LogP contribution in [0.5, 0.6) is 5.88 Å². The molecule has 0 amide bonds. The van der Waals surface area contributed by atoms with Gasteiger partial charge in [0.2, 0.25) is 12.0 Å². The van der Waals surface area contributed by atoms with Crippen LogP contribution in [0.3, 0.4) is 0 Å². The van der Waals surface area contributed by atoms with Gasteiger partial charge in [0.15, 0.2) is 0 Å². The number of carboxylic acids is 1. The number of alkyl halides is 3. The number of halogens is 4. The van der Waals surface area contributed by atoms with Crippen molar-refractivity contribution in [3.63, 3.8) is 0 Å². The Balaban J connectivity index is 1.47. The molecule has 0 saturated heterocycles. The van der Waals surface area contributed by atoms with Crippen molar-refractivity contribution in [3.05, 3.63) is 70.1 Å². The molecule has 0 bridgehead atoms. The number of carboxylic acid groups (broad SMARTS) is 1. The molecule has 1 aliphatic carbocycles. The summed E-state index contributed by atoms with van der Waals surface area (Å²) in [6.07, 6.45) is 0.117. The number of aryl methyl sites for hydroxylation is 1. The zero-order chi connectivity index (χ0) is 28.6. The van der Waals surface area contributed by atoms with Gasteiger partial charge in [0.25, 0.3) is 0 Å². The lowest BCUT2D eigenvalue weighted by molar-refractivity contribution is -0.198. The summed E-state index contributed by atoms with van der Waals surface area (Å²) in [7, 11) is 0. The molecule has 3 N–H and O–H groups in total. The van der Waals surface area contributed by atoms with E-state index in [4.69, 9.17) is 27.2 Å². The molecule has 0 spiro atoms. The molecule has 13 heteroatoms. The number of thiophene rings is 1. The molecular formula is C27H25ClF3N5O3S. The maximum Gasteiger partial charge on any atom is 0.429 e. The van der Waals surface area contributed by atoms with Gasteiger partial charge in [-0.25, -0.2) is 14.6 Å². The van der Waals surface area contributed by atoms with Crippen molar-refractivity contribution in [1.29, 1.82) is 0 Å². The van der Waals surface area contributed by atoms with Crippen LogP contribution in [0.4, 0.5) is 13.2 Å². The molecule has 1 aromatic carbocycles. The number of aliphatic carboxylic acids is 1.